The lowest BCUT2D eigenvalue weighted by molar-refractivity contribution is 0.0696. The predicted molar refractivity (Wildman–Crippen MR) is 95.0 cm³/mol. The van der Waals surface area contributed by atoms with Gasteiger partial charge in [0.15, 0.2) is 0 Å². The summed E-state index contributed by atoms with van der Waals surface area (Å²) in [5.41, 5.74) is -0.116. The summed E-state index contributed by atoms with van der Waals surface area (Å²) in [6.07, 6.45) is 0. The molecule has 0 aliphatic rings. The molecular weight excluding hydrogens is 338 g/mol. The van der Waals surface area contributed by atoms with E-state index in [0.717, 1.165) is 0 Å². The maximum atomic E-state index is 12.4. The average molecular weight is 353 g/mol. The summed E-state index contributed by atoms with van der Waals surface area (Å²) in [7, 11) is 0. The molecule has 0 aliphatic carbocycles. The SMILES string of the molecule is CCOc1ccc2oc(=O)c(C(=O)Nc3ccc(C(=O)O)cc3)cc2c1. The Labute approximate surface area is 147 Å². The Morgan fingerprint density at radius 3 is 2.50 bits per heavy atom. The molecule has 0 bridgehead atoms. The van der Waals surface area contributed by atoms with Crippen molar-refractivity contribution >= 4 is 28.5 Å². The van der Waals surface area contributed by atoms with Gasteiger partial charge < -0.3 is 19.6 Å². The van der Waals surface area contributed by atoms with Gasteiger partial charge in [-0.3, -0.25) is 4.79 Å². The van der Waals surface area contributed by atoms with Crippen LogP contribution in [0.15, 0.2) is 57.7 Å². The van der Waals surface area contributed by atoms with Crippen LogP contribution in [0.5, 0.6) is 5.75 Å². The van der Waals surface area contributed by atoms with Crippen LogP contribution >= 0.6 is 0 Å². The van der Waals surface area contributed by atoms with E-state index in [-0.39, 0.29) is 11.1 Å². The molecule has 0 atom stereocenters. The monoisotopic (exact) mass is 353 g/mol. The molecule has 26 heavy (non-hydrogen) atoms. The van der Waals surface area contributed by atoms with Crippen molar-refractivity contribution in [2.75, 3.05) is 11.9 Å². The van der Waals surface area contributed by atoms with Gasteiger partial charge in [-0.15, -0.1) is 0 Å². The number of hydrogen-bond donors (Lipinski definition) is 2. The van der Waals surface area contributed by atoms with E-state index in [9.17, 15) is 14.4 Å². The van der Waals surface area contributed by atoms with Crippen molar-refractivity contribution in [1.29, 1.82) is 0 Å². The third-order valence-corrected chi connectivity index (χ3v) is 3.65. The molecule has 3 aromatic rings. The van der Waals surface area contributed by atoms with Gasteiger partial charge in [0.2, 0.25) is 0 Å². The van der Waals surface area contributed by atoms with Gasteiger partial charge in [-0.2, -0.15) is 0 Å². The summed E-state index contributed by atoms with van der Waals surface area (Å²) in [5.74, 6) is -1.11. The number of carboxylic acid groups (broad SMARTS) is 1. The van der Waals surface area contributed by atoms with Crippen LogP contribution in [0.1, 0.15) is 27.6 Å². The van der Waals surface area contributed by atoms with Gasteiger partial charge in [0, 0.05) is 11.1 Å². The number of anilines is 1. The average Bonchev–Trinajstić information content (AvgIpc) is 2.62. The van der Waals surface area contributed by atoms with E-state index in [2.05, 4.69) is 5.32 Å². The van der Waals surface area contributed by atoms with Crippen molar-refractivity contribution in [3.63, 3.8) is 0 Å². The highest BCUT2D eigenvalue weighted by molar-refractivity contribution is 6.05. The number of fused-ring (bicyclic) bond motifs is 1. The van der Waals surface area contributed by atoms with Crippen molar-refractivity contribution in [1.82, 2.24) is 0 Å². The molecule has 2 aromatic carbocycles. The van der Waals surface area contributed by atoms with Crippen LogP contribution in [0.4, 0.5) is 5.69 Å². The Balaban J connectivity index is 1.90. The van der Waals surface area contributed by atoms with Crippen LogP contribution in [-0.4, -0.2) is 23.6 Å². The van der Waals surface area contributed by atoms with Crippen LogP contribution in [0.3, 0.4) is 0 Å². The molecular formula is C19H15NO6. The second-order valence-corrected chi connectivity index (χ2v) is 5.42. The van der Waals surface area contributed by atoms with E-state index in [0.29, 0.717) is 29.0 Å². The van der Waals surface area contributed by atoms with Gasteiger partial charge in [0.1, 0.15) is 16.9 Å². The van der Waals surface area contributed by atoms with Gasteiger partial charge in [-0.25, -0.2) is 9.59 Å². The van der Waals surface area contributed by atoms with Crippen LogP contribution in [0.25, 0.3) is 11.0 Å². The summed E-state index contributed by atoms with van der Waals surface area (Å²) in [4.78, 5) is 35.3. The number of hydrogen-bond acceptors (Lipinski definition) is 5. The first-order valence-corrected chi connectivity index (χ1v) is 7.83. The quantitative estimate of drug-likeness (QED) is 0.683. The van der Waals surface area contributed by atoms with Crippen LogP contribution in [0.2, 0.25) is 0 Å². The van der Waals surface area contributed by atoms with E-state index in [1.54, 1.807) is 18.2 Å². The van der Waals surface area contributed by atoms with Gasteiger partial charge in [0.05, 0.1) is 12.2 Å². The Bertz CT molecular complexity index is 1040. The molecule has 132 valence electrons. The van der Waals surface area contributed by atoms with Crippen molar-refractivity contribution in [2.24, 2.45) is 0 Å². The Morgan fingerprint density at radius 2 is 1.85 bits per heavy atom. The number of carbonyl (C=O) groups excluding carboxylic acids is 1. The molecule has 7 nitrogen and oxygen atoms in total. The second-order valence-electron chi connectivity index (χ2n) is 5.42. The summed E-state index contributed by atoms with van der Waals surface area (Å²) in [6, 6.07) is 12.0. The second kappa shape index (κ2) is 7.10. The number of nitrogens with one attached hydrogen (secondary N) is 1. The van der Waals surface area contributed by atoms with E-state index in [1.165, 1.54) is 30.3 Å². The Morgan fingerprint density at radius 1 is 1.12 bits per heavy atom. The molecule has 1 aromatic heterocycles. The topological polar surface area (TPSA) is 106 Å². The smallest absolute Gasteiger partial charge is 0.349 e. The van der Waals surface area contributed by atoms with Crippen molar-refractivity contribution < 1.29 is 23.8 Å². The Hall–Kier alpha value is -3.61. The first-order valence-electron chi connectivity index (χ1n) is 7.83. The van der Waals surface area contributed by atoms with Gasteiger partial charge in [0.25, 0.3) is 5.91 Å². The maximum absolute atomic E-state index is 12.4. The Kier molecular flexibility index (Phi) is 4.70. The van der Waals surface area contributed by atoms with Crippen LogP contribution in [-0.2, 0) is 0 Å². The fourth-order valence-corrected chi connectivity index (χ4v) is 2.41. The molecule has 3 rings (SSSR count). The lowest BCUT2D eigenvalue weighted by Gasteiger charge is -2.07. The highest BCUT2D eigenvalue weighted by atomic mass is 16.5. The molecule has 1 heterocycles. The summed E-state index contributed by atoms with van der Waals surface area (Å²) in [6.45, 7) is 2.34. The third-order valence-electron chi connectivity index (χ3n) is 3.65. The molecule has 1 amide bonds. The molecule has 2 N–H and O–H groups in total. The number of aromatic carboxylic acids is 1. The minimum absolute atomic E-state index is 0.0941. The minimum atomic E-state index is -1.07. The van der Waals surface area contributed by atoms with Crippen LogP contribution < -0.4 is 15.7 Å². The molecule has 7 heteroatoms. The van der Waals surface area contributed by atoms with Crippen LogP contribution in [0, 0.1) is 0 Å². The minimum Gasteiger partial charge on any atom is -0.494 e. The zero-order valence-electron chi connectivity index (χ0n) is 13.8. The number of amides is 1. The van der Waals surface area contributed by atoms with E-state index < -0.39 is 17.5 Å². The molecule has 0 saturated heterocycles. The van der Waals surface area contributed by atoms with Gasteiger partial charge >= 0.3 is 11.6 Å². The fourth-order valence-electron chi connectivity index (χ4n) is 2.41. The van der Waals surface area contributed by atoms with Crippen molar-refractivity contribution in [2.45, 2.75) is 6.92 Å². The number of ether oxygens (including phenoxy) is 1. The summed E-state index contributed by atoms with van der Waals surface area (Å²) < 4.78 is 10.6. The normalized spacial score (nSPS) is 10.5. The maximum Gasteiger partial charge on any atom is 0.349 e. The number of benzene rings is 2. The van der Waals surface area contributed by atoms with Crippen molar-refractivity contribution in [3.05, 3.63) is 70.1 Å². The highest BCUT2D eigenvalue weighted by Crippen LogP contribution is 2.21. The predicted octanol–water partition coefficient (Wildman–Crippen LogP) is 3.14. The van der Waals surface area contributed by atoms with E-state index in [1.807, 2.05) is 6.92 Å². The lowest BCUT2D eigenvalue weighted by atomic mass is 10.1. The summed E-state index contributed by atoms with van der Waals surface area (Å²) >= 11 is 0. The number of carbonyl (C=O) groups is 2. The molecule has 0 spiro atoms. The van der Waals surface area contributed by atoms with Crippen molar-refractivity contribution in [3.8, 4) is 5.75 Å². The molecule has 0 radical (unpaired) electrons. The number of rotatable bonds is 5. The third kappa shape index (κ3) is 3.56. The highest BCUT2D eigenvalue weighted by Gasteiger charge is 2.15. The first-order chi connectivity index (χ1) is 12.5. The molecule has 0 saturated carbocycles. The van der Waals surface area contributed by atoms with E-state index >= 15 is 0 Å². The summed E-state index contributed by atoms with van der Waals surface area (Å²) in [5, 5.41) is 12.0. The largest absolute Gasteiger partial charge is 0.494 e. The molecule has 0 fully saturated rings. The molecule has 0 unspecified atom stereocenters. The fraction of sp³-hybridized carbons (Fsp3) is 0.105. The first kappa shape index (κ1) is 17.2. The van der Waals surface area contributed by atoms with Gasteiger partial charge in [-0.1, -0.05) is 0 Å². The van der Waals surface area contributed by atoms with E-state index in [4.69, 9.17) is 14.3 Å². The standard InChI is InChI=1S/C19H15NO6/c1-2-25-14-7-8-16-12(9-14)10-15(19(24)26-16)17(21)20-13-5-3-11(4-6-13)18(22)23/h3-10H,2H2,1H3,(H,20,21)(H,22,23). The zero-order chi connectivity index (χ0) is 18.7. The zero-order valence-corrected chi connectivity index (χ0v) is 13.8. The van der Waals surface area contributed by atoms with Gasteiger partial charge in [-0.05, 0) is 55.5 Å². The number of carboxylic acids is 1. The lowest BCUT2D eigenvalue weighted by Crippen LogP contribution is -2.20. The molecule has 0 aliphatic heterocycles.